The lowest BCUT2D eigenvalue weighted by molar-refractivity contribution is 0.0697. The number of carbonyl (C=O) groups excluding carboxylic acids is 1. The molecule has 3 N–H and O–H groups in total. The minimum atomic E-state index is -0.968. The average Bonchev–Trinajstić information content (AvgIpc) is 2.48. The van der Waals surface area contributed by atoms with Crippen LogP contribution >= 0.6 is 11.8 Å². The van der Waals surface area contributed by atoms with Gasteiger partial charge in [0.05, 0.1) is 5.56 Å². The van der Waals surface area contributed by atoms with Crippen molar-refractivity contribution in [1.29, 1.82) is 0 Å². The zero-order valence-corrected chi connectivity index (χ0v) is 12.8. The maximum absolute atomic E-state index is 11.9. The minimum Gasteiger partial charge on any atom is -0.478 e. The number of thioether (sulfide) groups is 1. The van der Waals surface area contributed by atoms with Crippen molar-refractivity contribution in [1.82, 2.24) is 5.32 Å². The van der Waals surface area contributed by atoms with Crippen LogP contribution in [0.5, 0.6) is 0 Å². The van der Waals surface area contributed by atoms with E-state index in [1.54, 1.807) is 19.1 Å². The van der Waals surface area contributed by atoms with Crippen molar-refractivity contribution in [3.63, 3.8) is 0 Å². The average molecular weight is 308 g/mol. The van der Waals surface area contributed by atoms with Gasteiger partial charge in [-0.25, -0.2) is 9.59 Å². The van der Waals surface area contributed by atoms with Gasteiger partial charge < -0.3 is 15.7 Å². The van der Waals surface area contributed by atoms with E-state index in [1.807, 2.05) is 11.8 Å². The summed E-state index contributed by atoms with van der Waals surface area (Å²) in [5, 5.41) is 14.6. The Kier molecular flexibility index (Phi) is 5.50. The van der Waals surface area contributed by atoms with E-state index in [9.17, 15) is 9.59 Å². The normalized spacial score (nSPS) is 15.5. The van der Waals surface area contributed by atoms with Crippen molar-refractivity contribution < 1.29 is 14.7 Å². The molecular weight excluding hydrogens is 288 g/mol. The predicted octanol–water partition coefficient (Wildman–Crippen LogP) is 2.96. The summed E-state index contributed by atoms with van der Waals surface area (Å²) in [5.74, 6) is 1.93. The lowest BCUT2D eigenvalue weighted by Gasteiger charge is -2.21. The fourth-order valence-corrected chi connectivity index (χ4v) is 3.50. The van der Waals surface area contributed by atoms with Crippen LogP contribution in [0, 0.1) is 12.8 Å². The first-order chi connectivity index (χ1) is 10.1. The Morgan fingerprint density at radius 3 is 2.67 bits per heavy atom. The first-order valence-electron chi connectivity index (χ1n) is 7.03. The fourth-order valence-electron chi connectivity index (χ4n) is 2.29. The van der Waals surface area contributed by atoms with E-state index in [2.05, 4.69) is 10.6 Å². The van der Waals surface area contributed by atoms with Crippen LogP contribution in [-0.4, -0.2) is 35.2 Å². The molecule has 0 spiro atoms. The first-order valence-corrected chi connectivity index (χ1v) is 8.18. The second kappa shape index (κ2) is 7.36. The largest absolute Gasteiger partial charge is 0.478 e. The molecule has 6 heteroatoms. The summed E-state index contributed by atoms with van der Waals surface area (Å²) >= 11 is 1.96. The molecule has 1 fully saturated rings. The number of carboxylic acids is 1. The molecule has 1 saturated heterocycles. The van der Waals surface area contributed by atoms with Gasteiger partial charge in [0.1, 0.15) is 0 Å². The number of hydrogen-bond acceptors (Lipinski definition) is 3. The number of anilines is 1. The molecule has 0 aromatic heterocycles. The van der Waals surface area contributed by atoms with Crippen LogP contribution < -0.4 is 10.6 Å². The molecule has 1 aliphatic heterocycles. The van der Waals surface area contributed by atoms with Crippen LogP contribution in [0.2, 0.25) is 0 Å². The van der Waals surface area contributed by atoms with Gasteiger partial charge in [0, 0.05) is 12.2 Å². The van der Waals surface area contributed by atoms with Gasteiger partial charge in [0.15, 0.2) is 0 Å². The topological polar surface area (TPSA) is 78.4 Å². The number of carbonyl (C=O) groups is 2. The molecule has 1 heterocycles. The summed E-state index contributed by atoms with van der Waals surface area (Å²) in [6, 6.07) is 4.43. The highest BCUT2D eigenvalue weighted by atomic mass is 32.2. The van der Waals surface area contributed by atoms with E-state index in [0.29, 0.717) is 18.2 Å². The number of amides is 2. The van der Waals surface area contributed by atoms with Crippen LogP contribution in [0.3, 0.4) is 0 Å². The predicted molar refractivity (Wildman–Crippen MR) is 85.2 cm³/mol. The molecule has 114 valence electrons. The van der Waals surface area contributed by atoms with Crippen molar-refractivity contribution >= 4 is 29.4 Å². The standard InChI is InChI=1S/C15H20N2O3S/c1-10-8-12(14(18)19)2-3-13(10)17-15(20)16-9-11-4-6-21-7-5-11/h2-3,8,11H,4-7,9H2,1H3,(H,18,19)(H2,16,17,20). The molecule has 2 rings (SSSR count). The third-order valence-corrected chi connectivity index (χ3v) is 4.66. The van der Waals surface area contributed by atoms with Gasteiger partial charge in [-0.3, -0.25) is 0 Å². The van der Waals surface area contributed by atoms with Gasteiger partial charge in [0.25, 0.3) is 0 Å². The Balaban J connectivity index is 1.85. The second-order valence-corrected chi connectivity index (χ2v) is 6.45. The van der Waals surface area contributed by atoms with Crippen molar-refractivity contribution in [3.8, 4) is 0 Å². The number of urea groups is 1. The molecule has 2 amide bonds. The zero-order valence-electron chi connectivity index (χ0n) is 12.0. The van der Waals surface area contributed by atoms with E-state index >= 15 is 0 Å². The molecule has 21 heavy (non-hydrogen) atoms. The Morgan fingerprint density at radius 1 is 1.33 bits per heavy atom. The van der Waals surface area contributed by atoms with Gasteiger partial charge in [0.2, 0.25) is 0 Å². The van der Waals surface area contributed by atoms with Crippen LogP contribution in [0.4, 0.5) is 10.5 Å². The Bertz CT molecular complexity index is 528. The summed E-state index contributed by atoms with van der Waals surface area (Å²) in [7, 11) is 0. The molecule has 5 nitrogen and oxygen atoms in total. The van der Waals surface area contributed by atoms with Gasteiger partial charge in [-0.15, -0.1) is 0 Å². The van der Waals surface area contributed by atoms with Crippen LogP contribution in [0.15, 0.2) is 18.2 Å². The summed E-state index contributed by atoms with van der Waals surface area (Å²) in [6.07, 6.45) is 2.30. The third kappa shape index (κ3) is 4.67. The van der Waals surface area contributed by atoms with Gasteiger partial charge in [-0.2, -0.15) is 11.8 Å². The number of carboxylic acid groups (broad SMARTS) is 1. The number of hydrogen-bond donors (Lipinski definition) is 3. The summed E-state index contributed by atoms with van der Waals surface area (Å²) < 4.78 is 0. The molecule has 0 unspecified atom stereocenters. The van der Waals surface area contributed by atoms with E-state index in [4.69, 9.17) is 5.11 Å². The first kappa shape index (κ1) is 15.7. The quantitative estimate of drug-likeness (QED) is 0.799. The molecule has 0 aliphatic carbocycles. The summed E-state index contributed by atoms with van der Waals surface area (Å²) in [6.45, 7) is 2.47. The Labute approximate surface area is 128 Å². The monoisotopic (exact) mass is 308 g/mol. The molecule has 0 atom stereocenters. The van der Waals surface area contributed by atoms with Crippen molar-refractivity contribution in [2.24, 2.45) is 5.92 Å². The maximum Gasteiger partial charge on any atom is 0.335 e. The molecule has 0 radical (unpaired) electrons. The van der Waals surface area contributed by atoms with Gasteiger partial charge in [-0.1, -0.05) is 0 Å². The highest BCUT2D eigenvalue weighted by molar-refractivity contribution is 7.99. The number of benzene rings is 1. The van der Waals surface area contributed by atoms with Crippen molar-refractivity contribution in [2.45, 2.75) is 19.8 Å². The molecule has 1 aliphatic rings. The minimum absolute atomic E-state index is 0.221. The van der Waals surface area contributed by atoms with E-state index in [-0.39, 0.29) is 11.6 Å². The molecule has 1 aromatic rings. The smallest absolute Gasteiger partial charge is 0.335 e. The number of aromatic carboxylic acids is 1. The molecule has 0 saturated carbocycles. The van der Waals surface area contributed by atoms with E-state index in [1.165, 1.54) is 17.6 Å². The fraction of sp³-hybridized carbons (Fsp3) is 0.467. The lowest BCUT2D eigenvalue weighted by atomic mass is 10.0. The number of nitrogens with one attached hydrogen (secondary N) is 2. The Hall–Kier alpha value is -1.69. The maximum atomic E-state index is 11.9. The SMILES string of the molecule is Cc1cc(C(=O)O)ccc1NC(=O)NCC1CCSCC1. The highest BCUT2D eigenvalue weighted by Crippen LogP contribution is 2.22. The van der Waals surface area contributed by atoms with Gasteiger partial charge >= 0.3 is 12.0 Å². The molecule has 0 bridgehead atoms. The summed E-state index contributed by atoms with van der Waals surface area (Å²) in [4.78, 5) is 22.7. The van der Waals surface area contributed by atoms with Gasteiger partial charge in [-0.05, 0) is 61.0 Å². The van der Waals surface area contributed by atoms with Crippen LogP contribution in [0.1, 0.15) is 28.8 Å². The van der Waals surface area contributed by atoms with Crippen molar-refractivity contribution in [3.05, 3.63) is 29.3 Å². The van der Waals surface area contributed by atoms with Crippen LogP contribution in [-0.2, 0) is 0 Å². The van der Waals surface area contributed by atoms with Crippen LogP contribution in [0.25, 0.3) is 0 Å². The highest BCUT2D eigenvalue weighted by Gasteiger charge is 2.15. The third-order valence-electron chi connectivity index (χ3n) is 3.61. The number of aryl methyl sites for hydroxylation is 1. The van der Waals surface area contributed by atoms with E-state index < -0.39 is 5.97 Å². The van der Waals surface area contributed by atoms with Crippen molar-refractivity contribution in [2.75, 3.05) is 23.4 Å². The lowest BCUT2D eigenvalue weighted by Crippen LogP contribution is -2.34. The van der Waals surface area contributed by atoms with E-state index in [0.717, 1.165) is 18.4 Å². The second-order valence-electron chi connectivity index (χ2n) is 5.23. The number of rotatable bonds is 4. The zero-order chi connectivity index (χ0) is 15.2. The molecule has 1 aromatic carbocycles. The Morgan fingerprint density at radius 2 is 2.05 bits per heavy atom. The summed E-state index contributed by atoms with van der Waals surface area (Å²) in [5.41, 5.74) is 1.59. The molecular formula is C15H20N2O3S.